The second kappa shape index (κ2) is 8.96. The van der Waals surface area contributed by atoms with Crippen LogP contribution in [-0.4, -0.2) is 96.4 Å². The lowest BCUT2D eigenvalue weighted by Gasteiger charge is -2.49. The molecule has 236 valence electrons. The Hall–Kier alpha value is -4.66. The van der Waals surface area contributed by atoms with Crippen LogP contribution in [0.1, 0.15) is 42.6 Å². The van der Waals surface area contributed by atoms with Crippen LogP contribution in [0.5, 0.6) is 23.0 Å². The Kier molecular flexibility index (Phi) is 5.79. The van der Waals surface area contributed by atoms with Crippen LogP contribution >= 0.6 is 0 Å². The molecule has 8 atom stereocenters. The first kappa shape index (κ1) is 29.1. The molecule has 2 aromatic carbocycles. The highest BCUT2D eigenvalue weighted by Gasteiger charge is 2.81. The highest BCUT2D eigenvalue weighted by atomic mass is 16.6. The van der Waals surface area contributed by atoms with E-state index in [0.717, 1.165) is 31.4 Å². The molecule has 0 amide bonds. The average Bonchev–Trinajstić information content (AvgIpc) is 3.15. The molecule has 14 nitrogen and oxygen atoms in total. The van der Waals surface area contributed by atoms with Crippen molar-refractivity contribution in [2.75, 3.05) is 7.11 Å². The number of aliphatic hydroxyl groups excluding tert-OH is 3. The molecule has 0 spiro atoms. The number of hydrogen-bond donors (Lipinski definition) is 6. The predicted molar refractivity (Wildman–Crippen MR) is 147 cm³/mol. The van der Waals surface area contributed by atoms with Gasteiger partial charge >= 0.3 is 11.9 Å². The first-order valence-electron chi connectivity index (χ1n) is 14.2. The van der Waals surface area contributed by atoms with Gasteiger partial charge in [0.25, 0.3) is 11.2 Å². The molecule has 0 unspecified atom stereocenters. The maximum absolute atomic E-state index is 13.7. The van der Waals surface area contributed by atoms with Crippen LogP contribution in [0.2, 0.25) is 0 Å². The summed E-state index contributed by atoms with van der Waals surface area (Å²) in [6, 6.07) is 4.20. The molecule has 2 aromatic rings. The second-order valence-electron chi connectivity index (χ2n) is 12.3. The Morgan fingerprint density at radius 1 is 0.867 bits per heavy atom. The molecule has 0 radical (unpaired) electrons. The number of aromatic hydroxyl groups is 2. The van der Waals surface area contributed by atoms with E-state index in [-0.39, 0.29) is 46.6 Å². The summed E-state index contributed by atoms with van der Waals surface area (Å²) < 4.78 is 22.1. The molecule has 3 aliphatic heterocycles. The number of carbonyl (C=O) groups is 4. The minimum absolute atomic E-state index is 0.0161. The number of phenolic OH excluding ortho intramolecular Hbond substituents is 2. The molecule has 14 heteroatoms. The SMILES string of the molecule is COC(=O)[C@]12Oc3cc(-c4cc5c(cc4O)C(=O)[C@@]4(O)[C@@H]6C[C@H](C)[C@H](O)[C@@]4(O5)C(=O)O6)c(O)cc3C(O)=C1C(=O)C[C@@H](C)[C@@H]2O. The molecule has 3 fully saturated rings. The summed E-state index contributed by atoms with van der Waals surface area (Å²) >= 11 is 0. The van der Waals surface area contributed by atoms with Crippen LogP contribution in [0.15, 0.2) is 29.8 Å². The number of hydrogen-bond acceptors (Lipinski definition) is 14. The number of esters is 2. The molecule has 2 bridgehead atoms. The fraction of sp³-hybridized carbons (Fsp3) is 0.419. The highest BCUT2D eigenvalue weighted by molar-refractivity contribution is 6.14. The predicted octanol–water partition coefficient (Wildman–Crippen LogP) is 0.679. The smallest absolute Gasteiger partial charge is 0.358 e. The van der Waals surface area contributed by atoms with Gasteiger partial charge in [-0.15, -0.1) is 0 Å². The Balaban J connectivity index is 1.39. The quantitative estimate of drug-likeness (QED) is 0.253. The number of phenols is 2. The van der Waals surface area contributed by atoms with Crippen molar-refractivity contribution >= 4 is 29.3 Å². The van der Waals surface area contributed by atoms with Gasteiger partial charge in [0, 0.05) is 17.5 Å². The van der Waals surface area contributed by atoms with Gasteiger partial charge in [-0.2, -0.15) is 0 Å². The number of aliphatic hydroxyl groups is 4. The van der Waals surface area contributed by atoms with Crippen molar-refractivity contribution in [1.82, 2.24) is 0 Å². The standard InChI is InChI=1S/C31H28O14/c1-10-4-18(34)22-23(35)14-6-16(32)12(8-19(14)44-29(22,24(10)36)27(39)42-3)13-9-20-15(7-17(13)33)26(38)30(41)21-5-11(2)25(37)31(30,45-20)28(40)43-21/h6-11,21,24-25,32-33,35-37,41H,4-5H2,1-3H3/t10-,11+,21+,24+,25+,29+,30+,31-/m1/s1. The molecule has 2 saturated carbocycles. The van der Waals surface area contributed by atoms with Gasteiger partial charge in [0.2, 0.25) is 11.4 Å². The Morgan fingerprint density at radius 2 is 1.47 bits per heavy atom. The monoisotopic (exact) mass is 624 g/mol. The van der Waals surface area contributed by atoms with Crippen molar-refractivity contribution in [3.63, 3.8) is 0 Å². The maximum Gasteiger partial charge on any atom is 0.358 e. The molecule has 6 N–H and O–H groups in total. The largest absolute Gasteiger partial charge is 0.507 e. The first-order chi connectivity index (χ1) is 21.1. The van der Waals surface area contributed by atoms with E-state index in [0.29, 0.717) is 0 Å². The summed E-state index contributed by atoms with van der Waals surface area (Å²) in [6.07, 6.45) is -4.79. The Morgan fingerprint density at radius 3 is 2.09 bits per heavy atom. The van der Waals surface area contributed by atoms with Crippen molar-refractivity contribution in [3.05, 3.63) is 41.0 Å². The first-order valence-corrected chi connectivity index (χ1v) is 14.2. The minimum atomic E-state index is -2.57. The molecule has 45 heavy (non-hydrogen) atoms. The van der Waals surface area contributed by atoms with Crippen molar-refractivity contribution in [2.24, 2.45) is 11.8 Å². The van der Waals surface area contributed by atoms with E-state index in [1.165, 1.54) is 6.92 Å². The summed E-state index contributed by atoms with van der Waals surface area (Å²) in [5, 5.41) is 67.0. The molecular weight excluding hydrogens is 596 g/mol. The fourth-order valence-electron chi connectivity index (χ4n) is 7.51. The summed E-state index contributed by atoms with van der Waals surface area (Å²) in [6.45, 7) is 3.12. The van der Waals surface area contributed by atoms with Crippen molar-refractivity contribution in [2.45, 2.75) is 61.8 Å². The number of carbonyl (C=O) groups excluding carboxylic acids is 4. The lowest BCUT2D eigenvalue weighted by atomic mass is 9.62. The molecule has 7 rings (SSSR count). The summed E-state index contributed by atoms with van der Waals surface area (Å²) in [5.41, 5.74) is -8.94. The normalized spacial score (nSPS) is 36.1. The zero-order valence-electron chi connectivity index (χ0n) is 24.1. The number of benzene rings is 2. The number of ketones is 2. The lowest BCUT2D eigenvalue weighted by Crippen LogP contribution is -2.76. The van der Waals surface area contributed by atoms with Crippen LogP contribution < -0.4 is 9.47 Å². The zero-order chi connectivity index (χ0) is 32.5. The lowest BCUT2D eigenvalue weighted by molar-refractivity contribution is -0.192. The molecule has 5 aliphatic rings. The molecule has 2 aliphatic carbocycles. The fourth-order valence-corrected chi connectivity index (χ4v) is 7.51. The molecule has 3 heterocycles. The number of fused-ring (bicyclic) bond motifs is 3. The van der Waals surface area contributed by atoms with Gasteiger partial charge < -0.3 is 49.6 Å². The third-order valence-electron chi connectivity index (χ3n) is 9.84. The Bertz CT molecular complexity index is 1790. The van der Waals surface area contributed by atoms with E-state index in [9.17, 15) is 49.8 Å². The van der Waals surface area contributed by atoms with Gasteiger partial charge in [-0.3, -0.25) is 9.59 Å². The molecular formula is C31H28O14. The third-order valence-corrected chi connectivity index (χ3v) is 9.84. The van der Waals surface area contributed by atoms with Crippen molar-refractivity contribution in [1.29, 1.82) is 0 Å². The molecule has 0 aromatic heterocycles. The number of Topliss-reactive ketones (excluding diaryl/α,β-unsaturated/α-hetero) is 2. The topological polar surface area (TPSA) is 227 Å². The Labute approximate surface area is 254 Å². The van der Waals surface area contributed by atoms with Crippen LogP contribution in [0.4, 0.5) is 0 Å². The summed E-state index contributed by atoms with van der Waals surface area (Å²) in [7, 11) is 1.02. The van der Waals surface area contributed by atoms with Gasteiger partial charge in [-0.05, 0) is 42.5 Å². The third kappa shape index (κ3) is 3.23. The van der Waals surface area contributed by atoms with E-state index in [1.807, 2.05) is 0 Å². The van der Waals surface area contributed by atoms with E-state index in [2.05, 4.69) is 0 Å². The van der Waals surface area contributed by atoms with E-state index in [1.54, 1.807) is 6.92 Å². The molecule has 1 saturated heterocycles. The van der Waals surface area contributed by atoms with Gasteiger partial charge in [-0.1, -0.05) is 13.8 Å². The van der Waals surface area contributed by atoms with Gasteiger partial charge in [-0.25, -0.2) is 9.59 Å². The van der Waals surface area contributed by atoms with Crippen molar-refractivity contribution in [3.8, 4) is 34.1 Å². The zero-order valence-corrected chi connectivity index (χ0v) is 24.1. The van der Waals surface area contributed by atoms with E-state index >= 15 is 0 Å². The van der Waals surface area contributed by atoms with Gasteiger partial charge in [0.15, 0.2) is 5.78 Å². The van der Waals surface area contributed by atoms with Crippen molar-refractivity contribution < 1.29 is 68.8 Å². The number of ether oxygens (including phenoxy) is 4. The number of methoxy groups -OCH3 is 1. The second-order valence-corrected chi connectivity index (χ2v) is 12.3. The van der Waals surface area contributed by atoms with Gasteiger partial charge in [0.1, 0.15) is 47.1 Å². The minimum Gasteiger partial charge on any atom is -0.507 e. The van der Waals surface area contributed by atoms with Crippen LogP contribution in [0.3, 0.4) is 0 Å². The average molecular weight is 625 g/mol. The summed E-state index contributed by atoms with van der Waals surface area (Å²) in [5.74, 6) is -7.85. The van der Waals surface area contributed by atoms with Crippen LogP contribution in [-0.2, 0) is 23.9 Å². The summed E-state index contributed by atoms with van der Waals surface area (Å²) in [4.78, 5) is 52.9. The van der Waals surface area contributed by atoms with Gasteiger partial charge in [0.05, 0.1) is 23.8 Å². The maximum atomic E-state index is 13.7. The van der Waals surface area contributed by atoms with Crippen LogP contribution in [0.25, 0.3) is 16.9 Å². The highest BCUT2D eigenvalue weighted by Crippen LogP contribution is 2.57. The van der Waals surface area contributed by atoms with E-state index < -0.39 is 93.3 Å². The van der Waals surface area contributed by atoms with Crippen LogP contribution in [0, 0.1) is 11.8 Å². The number of rotatable bonds is 2. The van der Waals surface area contributed by atoms with E-state index in [4.69, 9.17) is 18.9 Å².